The van der Waals surface area contributed by atoms with E-state index in [0.29, 0.717) is 19.3 Å². The van der Waals surface area contributed by atoms with E-state index >= 15 is 0 Å². The maximum absolute atomic E-state index is 5.98. The number of benzene rings is 2. The second-order valence-corrected chi connectivity index (χ2v) is 6.13. The molecule has 5 nitrogen and oxygen atoms in total. The summed E-state index contributed by atoms with van der Waals surface area (Å²) in [5, 5.41) is 3.38. The van der Waals surface area contributed by atoms with Crippen LogP contribution in [0, 0.1) is 0 Å². The Bertz CT molecular complexity index is 636. The molecule has 1 saturated heterocycles. The monoisotopic (exact) mass is 341 g/mol. The fourth-order valence-corrected chi connectivity index (χ4v) is 3.01. The first-order valence-corrected chi connectivity index (χ1v) is 8.98. The molecule has 1 aliphatic heterocycles. The lowest BCUT2D eigenvalue weighted by atomic mass is 10.0. The third-order valence-corrected chi connectivity index (χ3v) is 4.27. The minimum Gasteiger partial charge on any atom is -0.490 e. The molecule has 2 aromatic carbocycles. The van der Waals surface area contributed by atoms with E-state index in [9.17, 15) is 0 Å². The molecule has 0 bridgehead atoms. The SMILES string of the molecule is CCNCC1CC(c2ccccc2OCCOc2ccccc2)NN1. The number of hydrazine groups is 1. The van der Waals surface area contributed by atoms with Gasteiger partial charge in [0, 0.05) is 18.2 Å². The fraction of sp³-hybridized carbons (Fsp3) is 0.400. The molecule has 3 rings (SSSR count). The molecule has 1 heterocycles. The van der Waals surface area contributed by atoms with Crippen molar-refractivity contribution in [3.8, 4) is 11.5 Å². The van der Waals surface area contributed by atoms with Crippen LogP contribution in [0.4, 0.5) is 0 Å². The Balaban J connectivity index is 1.51. The molecule has 25 heavy (non-hydrogen) atoms. The summed E-state index contributed by atoms with van der Waals surface area (Å²) in [7, 11) is 0. The molecule has 0 spiro atoms. The van der Waals surface area contributed by atoms with Gasteiger partial charge in [-0.1, -0.05) is 43.3 Å². The Kier molecular flexibility index (Phi) is 6.68. The van der Waals surface area contributed by atoms with Crippen LogP contribution < -0.4 is 25.6 Å². The van der Waals surface area contributed by atoms with E-state index in [4.69, 9.17) is 9.47 Å². The molecule has 5 heteroatoms. The molecule has 1 fully saturated rings. The largest absolute Gasteiger partial charge is 0.490 e. The average Bonchev–Trinajstić information content (AvgIpc) is 3.13. The van der Waals surface area contributed by atoms with E-state index in [1.807, 2.05) is 42.5 Å². The first-order valence-electron chi connectivity index (χ1n) is 8.98. The van der Waals surface area contributed by atoms with Gasteiger partial charge in [-0.2, -0.15) is 0 Å². The molecule has 2 atom stereocenters. The van der Waals surface area contributed by atoms with Crippen molar-refractivity contribution in [2.45, 2.75) is 25.4 Å². The summed E-state index contributed by atoms with van der Waals surface area (Å²) in [5.41, 5.74) is 7.94. The van der Waals surface area contributed by atoms with Crippen LogP contribution in [0.3, 0.4) is 0 Å². The van der Waals surface area contributed by atoms with Gasteiger partial charge in [-0.15, -0.1) is 0 Å². The number of hydrogen-bond donors (Lipinski definition) is 3. The van der Waals surface area contributed by atoms with Crippen molar-refractivity contribution in [2.75, 3.05) is 26.3 Å². The molecule has 2 unspecified atom stereocenters. The quantitative estimate of drug-likeness (QED) is 0.612. The normalized spacial score (nSPS) is 19.7. The highest BCUT2D eigenvalue weighted by atomic mass is 16.5. The molecule has 0 aliphatic carbocycles. The summed E-state index contributed by atoms with van der Waals surface area (Å²) in [6, 6.07) is 18.7. The highest BCUT2D eigenvalue weighted by Gasteiger charge is 2.26. The molecule has 1 aliphatic rings. The molecular weight excluding hydrogens is 314 g/mol. The molecular formula is C20H27N3O2. The Hall–Kier alpha value is -2.08. The van der Waals surface area contributed by atoms with E-state index in [0.717, 1.165) is 31.0 Å². The third kappa shape index (κ3) is 5.19. The first kappa shape index (κ1) is 17.7. The zero-order valence-corrected chi connectivity index (χ0v) is 14.7. The van der Waals surface area contributed by atoms with Crippen LogP contribution >= 0.6 is 0 Å². The van der Waals surface area contributed by atoms with E-state index in [-0.39, 0.29) is 6.04 Å². The third-order valence-electron chi connectivity index (χ3n) is 4.27. The summed E-state index contributed by atoms with van der Waals surface area (Å²) >= 11 is 0. The van der Waals surface area contributed by atoms with Crippen molar-refractivity contribution < 1.29 is 9.47 Å². The maximum Gasteiger partial charge on any atom is 0.124 e. The van der Waals surface area contributed by atoms with Gasteiger partial charge in [-0.25, -0.2) is 5.43 Å². The summed E-state index contributed by atoms with van der Waals surface area (Å²) in [4.78, 5) is 0. The number of para-hydroxylation sites is 2. The van der Waals surface area contributed by atoms with Crippen LogP contribution in [0.1, 0.15) is 24.9 Å². The molecule has 134 valence electrons. The van der Waals surface area contributed by atoms with Crippen LogP contribution in [-0.2, 0) is 0 Å². The van der Waals surface area contributed by atoms with Crippen molar-refractivity contribution in [3.05, 3.63) is 60.2 Å². The highest BCUT2D eigenvalue weighted by molar-refractivity contribution is 5.36. The molecule has 2 aromatic rings. The van der Waals surface area contributed by atoms with Crippen LogP contribution in [0.15, 0.2) is 54.6 Å². The number of ether oxygens (including phenoxy) is 2. The van der Waals surface area contributed by atoms with Crippen LogP contribution in [0.25, 0.3) is 0 Å². The van der Waals surface area contributed by atoms with Crippen LogP contribution in [0.5, 0.6) is 11.5 Å². The lowest BCUT2D eigenvalue weighted by Crippen LogP contribution is -2.37. The van der Waals surface area contributed by atoms with Gasteiger partial charge in [-0.3, -0.25) is 5.43 Å². The van der Waals surface area contributed by atoms with Gasteiger partial charge in [0.05, 0.1) is 6.04 Å². The Morgan fingerprint density at radius 1 is 0.960 bits per heavy atom. The number of rotatable bonds is 9. The van der Waals surface area contributed by atoms with E-state index in [1.54, 1.807) is 0 Å². The fourth-order valence-electron chi connectivity index (χ4n) is 3.01. The predicted octanol–water partition coefficient (Wildman–Crippen LogP) is 2.66. The van der Waals surface area contributed by atoms with Gasteiger partial charge in [0.1, 0.15) is 24.7 Å². The smallest absolute Gasteiger partial charge is 0.124 e. The minimum atomic E-state index is 0.259. The van der Waals surface area contributed by atoms with Crippen LogP contribution in [-0.4, -0.2) is 32.3 Å². The summed E-state index contributed by atoms with van der Waals surface area (Å²) in [5.74, 6) is 1.79. The highest BCUT2D eigenvalue weighted by Crippen LogP contribution is 2.30. The van der Waals surface area contributed by atoms with Gasteiger partial charge in [0.25, 0.3) is 0 Å². The molecule has 0 amide bonds. The standard InChI is InChI=1S/C20H27N3O2/c1-2-21-15-16-14-19(23-22-16)18-10-6-7-11-20(18)25-13-12-24-17-8-4-3-5-9-17/h3-11,16,19,21-23H,2,12-15H2,1H3. The summed E-state index contributed by atoms with van der Waals surface area (Å²) in [6.07, 6.45) is 1.04. The topological polar surface area (TPSA) is 54.5 Å². The van der Waals surface area contributed by atoms with E-state index in [2.05, 4.69) is 35.2 Å². The van der Waals surface area contributed by atoms with Crippen LogP contribution in [0.2, 0.25) is 0 Å². The van der Waals surface area contributed by atoms with Crippen molar-refractivity contribution in [3.63, 3.8) is 0 Å². The van der Waals surface area contributed by atoms with Gasteiger partial charge < -0.3 is 14.8 Å². The maximum atomic E-state index is 5.98. The number of nitrogens with one attached hydrogen (secondary N) is 3. The predicted molar refractivity (Wildman–Crippen MR) is 99.8 cm³/mol. The van der Waals surface area contributed by atoms with Crippen molar-refractivity contribution in [1.29, 1.82) is 0 Å². The second-order valence-electron chi connectivity index (χ2n) is 6.13. The first-order chi connectivity index (χ1) is 12.4. The summed E-state index contributed by atoms with van der Waals surface area (Å²) in [6.45, 7) is 5.13. The molecule has 3 N–H and O–H groups in total. The molecule has 0 radical (unpaired) electrons. The van der Waals surface area contributed by atoms with Crippen molar-refractivity contribution in [1.82, 2.24) is 16.2 Å². The Labute approximate surface area is 149 Å². The lowest BCUT2D eigenvalue weighted by molar-refractivity contribution is 0.215. The molecule has 0 aromatic heterocycles. The van der Waals surface area contributed by atoms with Gasteiger partial charge >= 0.3 is 0 Å². The summed E-state index contributed by atoms with van der Waals surface area (Å²) < 4.78 is 11.7. The Morgan fingerprint density at radius 2 is 1.72 bits per heavy atom. The Morgan fingerprint density at radius 3 is 2.56 bits per heavy atom. The minimum absolute atomic E-state index is 0.259. The average molecular weight is 341 g/mol. The second kappa shape index (κ2) is 9.42. The number of hydrogen-bond acceptors (Lipinski definition) is 5. The zero-order chi connectivity index (χ0) is 17.3. The van der Waals surface area contributed by atoms with Crippen molar-refractivity contribution in [2.24, 2.45) is 0 Å². The zero-order valence-electron chi connectivity index (χ0n) is 14.7. The van der Waals surface area contributed by atoms with Gasteiger partial charge in [0.15, 0.2) is 0 Å². The van der Waals surface area contributed by atoms with E-state index < -0.39 is 0 Å². The van der Waals surface area contributed by atoms with Gasteiger partial charge in [0.2, 0.25) is 0 Å². The molecule has 0 saturated carbocycles. The van der Waals surface area contributed by atoms with Gasteiger partial charge in [-0.05, 0) is 31.2 Å². The van der Waals surface area contributed by atoms with Crippen molar-refractivity contribution >= 4 is 0 Å². The lowest BCUT2D eigenvalue weighted by Gasteiger charge is -2.16. The number of likely N-dealkylation sites (N-methyl/N-ethyl adjacent to an activating group) is 1. The van der Waals surface area contributed by atoms with E-state index in [1.165, 1.54) is 5.56 Å².